The van der Waals surface area contributed by atoms with Crippen molar-refractivity contribution in [1.29, 1.82) is 0 Å². The van der Waals surface area contributed by atoms with Crippen LogP contribution in [0, 0.1) is 0 Å². The first-order valence-electron chi connectivity index (χ1n) is 3.33. The molecule has 0 fully saturated rings. The number of rotatable bonds is 1. The summed E-state index contributed by atoms with van der Waals surface area (Å²) in [5, 5.41) is 0. The molecule has 1 nitrogen and oxygen atoms in total. The fourth-order valence-corrected chi connectivity index (χ4v) is 0.592. The second-order valence-corrected chi connectivity index (χ2v) is 1.90. The van der Waals surface area contributed by atoms with E-state index in [4.69, 9.17) is 1.37 Å². The van der Waals surface area contributed by atoms with Crippen LogP contribution in [-0.2, 0) is 7.05 Å². The molecule has 1 rings (SSSR count). The number of pyridine rings is 1. The van der Waals surface area contributed by atoms with Crippen LogP contribution >= 0.6 is 0 Å². The molecule has 0 unspecified atom stereocenters. The lowest BCUT2D eigenvalue weighted by molar-refractivity contribution is -0.671. The van der Waals surface area contributed by atoms with Crippen molar-refractivity contribution in [3.8, 4) is 0 Å². The fraction of sp³-hybridized carbons (Fsp3) is 0.125. The second-order valence-electron chi connectivity index (χ2n) is 1.90. The van der Waals surface area contributed by atoms with Crippen LogP contribution in [0.15, 0.2) is 31.1 Å². The summed E-state index contributed by atoms with van der Waals surface area (Å²) in [5.41, 5.74) is 0.989. The van der Waals surface area contributed by atoms with Crippen molar-refractivity contribution >= 4 is 6.08 Å². The first-order valence-corrected chi connectivity index (χ1v) is 2.83. The topological polar surface area (TPSA) is 3.88 Å². The van der Waals surface area contributed by atoms with E-state index in [9.17, 15) is 0 Å². The van der Waals surface area contributed by atoms with Gasteiger partial charge in [0.1, 0.15) is 8.42 Å². The molecule has 0 amide bonds. The Balaban J connectivity index is 3.16. The largest absolute Gasteiger partial charge is 0.208 e. The number of nitrogens with zero attached hydrogens (tertiary/aromatic N) is 1. The van der Waals surface area contributed by atoms with Crippen LogP contribution in [0.25, 0.3) is 6.08 Å². The Labute approximate surface area is 56.7 Å². The van der Waals surface area contributed by atoms with E-state index in [2.05, 4.69) is 6.58 Å². The van der Waals surface area contributed by atoms with Gasteiger partial charge in [0.15, 0.2) is 12.4 Å². The molecule has 0 saturated carbocycles. The van der Waals surface area contributed by atoms with E-state index in [-0.39, 0.29) is 0 Å². The summed E-state index contributed by atoms with van der Waals surface area (Å²) in [6.45, 7) is 3.61. The van der Waals surface area contributed by atoms with Gasteiger partial charge >= 0.3 is 0 Å². The van der Waals surface area contributed by atoms with Crippen LogP contribution in [0.4, 0.5) is 0 Å². The molecule has 0 N–H and O–H groups in total. The molecule has 0 spiro atoms. The van der Waals surface area contributed by atoms with Crippen molar-refractivity contribution in [3.05, 3.63) is 36.6 Å². The maximum Gasteiger partial charge on any atom is 0.169 e. The van der Waals surface area contributed by atoms with Crippen molar-refractivity contribution in [1.82, 2.24) is 0 Å². The molecular formula is C8H10N+. The van der Waals surface area contributed by atoms with Crippen LogP contribution < -0.4 is 4.57 Å². The van der Waals surface area contributed by atoms with E-state index in [0.717, 1.165) is 5.56 Å². The van der Waals surface area contributed by atoms with E-state index >= 15 is 0 Å². The van der Waals surface area contributed by atoms with Gasteiger partial charge in [0, 0.05) is 12.1 Å². The molecule has 9 heavy (non-hydrogen) atoms. The summed E-state index contributed by atoms with van der Waals surface area (Å²) in [6.07, 6.45) is 4.08. The lowest BCUT2D eigenvalue weighted by Crippen LogP contribution is -2.25. The van der Waals surface area contributed by atoms with Gasteiger partial charge in [-0.1, -0.05) is 12.7 Å². The molecule has 0 aliphatic rings. The van der Waals surface area contributed by atoms with Crippen molar-refractivity contribution in [2.45, 2.75) is 0 Å². The van der Waals surface area contributed by atoms with Gasteiger partial charge < -0.3 is 0 Å². The van der Waals surface area contributed by atoms with Gasteiger partial charge in [-0.15, -0.1) is 0 Å². The van der Waals surface area contributed by atoms with Crippen LogP contribution in [0.5, 0.6) is 0 Å². The Kier molecular flexibility index (Phi) is 1.29. The molecule has 1 heteroatoms. The normalized spacial score (nSPS) is 10.6. The lowest BCUT2D eigenvalue weighted by atomic mass is 10.3. The molecule has 0 aliphatic heterocycles. The number of aromatic nitrogens is 1. The number of hydrogen-bond acceptors (Lipinski definition) is 0. The minimum atomic E-state index is 0.498. The summed E-state index contributed by atoms with van der Waals surface area (Å²) >= 11 is 0. The molecule has 1 aromatic rings. The summed E-state index contributed by atoms with van der Waals surface area (Å²) < 4.78 is 9.12. The quantitative estimate of drug-likeness (QED) is 0.491. The molecule has 0 saturated heterocycles. The Hall–Kier alpha value is -1.11. The van der Waals surface area contributed by atoms with Crippen LogP contribution in [0.1, 0.15) is 6.93 Å². The number of aryl methyl sites for hydroxylation is 1. The molecule has 0 aliphatic carbocycles. The highest BCUT2D eigenvalue weighted by Gasteiger charge is 1.87. The lowest BCUT2D eigenvalue weighted by Gasteiger charge is -1.86. The summed E-state index contributed by atoms with van der Waals surface area (Å²) in [5.74, 6) is 0. The average molecular weight is 121 g/mol. The van der Waals surface area contributed by atoms with Crippen molar-refractivity contribution < 1.29 is 5.94 Å². The van der Waals surface area contributed by atoms with Crippen molar-refractivity contribution in [2.75, 3.05) is 0 Å². The van der Waals surface area contributed by atoms with E-state index in [1.165, 1.54) is 0 Å². The average Bonchev–Trinajstić information content (AvgIpc) is 1.95. The zero-order valence-electron chi connectivity index (χ0n) is 6.46. The van der Waals surface area contributed by atoms with Gasteiger partial charge in [-0.25, -0.2) is 4.57 Å². The van der Waals surface area contributed by atoms with Gasteiger partial charge in [0.25, 0.3) is 0 Å². The number of hydrogen-bond donors (Lipinski definition) is 0. The molecule has 46 valence electrons. The first kappa shape index (κ1) is 4.74. The SMILES string of the molecule is [2H]c1cc(C=C)cc[n+]1C. The molecule has 1 heterocycles. The zero-order chi connectivity index (χ0) is 7.56. The maximum absolute atomic E-state index is 7.38. The third-order valence-corrected chi connectivity index (χ3v) is 1.16. The van der Waals surface area contributed by atoms with Gasteiger partial charge in [0.05, 0.1) is 0 Å². The Morgan fingerprint density at radius 3 is 3.11 bits per heavy atom. The van der Waals surface area contributed by atoms with Crippen LogP contribution in [0.2, 0.25) is 0 Å². The predicted octanol–water partition coefficient (Wildman–Crippen LogP) is 1.15. The van der Waals surface area contributed by atoms with Crippen LogP contribution in [0.3, 0.4) is 0 Å². The maximum atomic E-state index is 7.38. The zero-order valence-corrected chi connectivity index (χ0v) is 5.46. The van der Waals surface area contributed by atoms with E-state index < -0.39 is 0 Å². The summed E-state index contributed by atoms with van der Waals surface area (Å²) in [6, 6.07) is 3.69. The van der Waals surface area contributed by atoms with Crippen LogP contribution in [-0.4, -0.2) is 0 Å². The van der Waals surface area contributed by atoms with Crippen molar-refractivity contribution in [2.24, 2.45) is 7.05 Å². The second kappa shape index (κ2) is 2.44. The first-order chi connectivity index (χ1) is 4.74. The van der Waals surface area contributed by atoms with E-state index in [1.54, 1.807) is 16.7 Å². The molecular weight excluding hydrogens is 110 g/mol. The third-order valence-electron chi connectivity index (χ3n) is 1.16. The summed E-state index contributed by atoms with van der Waals surface area (Å²) in [4.78, 5) is 0. The molecule has 0 aromatic carbocycles. The standard InChI is InChI=1S/C8H10N/c1-3-8-4-6-9(2)7-5-8/h3-7H,1H2,2H3/q+1/i6D. The third kappa shape index (κ3) is 1.39. The Morgan fingerprint density at radius 1 is 1.78 bits per heavy atom. The molecule has 0 atom stereocenters. The highest BCUT2D eigenvalue weighted by molar-refractivity contribution is 5.44. The Bertz CT molecular complexity index is 255. The smallest absolute Gasteiger partial charge is 0.169 e. The van der Waals surface area contributed by atoms with Gasteiger partial charge in [-0.3, -0.25) is 0 Å². The minimum Gasteiger partial charge on any atom is -0.208 e. The van der Waals surface area contributed by atoms with Gasteiger partial charge in [0.2, 0.25) is 0 Å². The highest BCUT2D eigenvalue weighted by Crippen LogP contribution is 1.94. The molecule has 0 bridgehead atoms. The monoisotopic (exact) mass is 121 g/mol. The Morgan fingerprint density at radius 2 is 2.56 bits per heavy atom. The predicted molar refractivity (Wildman–Crippen MR) is 37.7 cm³/mol. The molecule has 0 radical (unpaired) electrons. The van der Waals surface area contributed by atoms with Crippen molar-refractivity contribution in [3.63, 3.8) is 0 Å². The fourth-order valence-electron chi connectivity index (χ4n) is 0.592. The highest BCUT2D eigenvalue weighted by atomic mass is 14.9. The van der Waals surface area contributed by atoms with Gasteiger partial charge in [-0.2, -0.15) is 0 Å². The van der Waals surface area contributed by atoms with Gasteiger partial charge in [-0.05, 0) is 5.56 Å². The van der Waals surface area contributed by atoms with E-state index in [0.29, 0.717) is 6.17 Å². The van der Waals surface area contributed by atoms with E-state index in [1.807, 2.05) is 19.3 Å². The minimum absolute atomic E-state index is 0.498. The molecule has 1 aromatic heterocycles. The summed E-state index contributed by atoms with van der Waals surface area (Å²) in [7, 11) is 1.84.